The second kappa shape index (κ2) is 13.2. The van der Waals surface area contributed by atoms with E-state index in [1.807, 2.05) is 12.1 Å². The zero-order valence-corrected chi connectivity index (χ0v) is 23.2. The van der Waals surface area contributed by atoms with Crippen LogP contribution in [0.5, 0.6) is 0 Å². The molecule has 4 aromatic carbocycles. The molecular formula is C32H22N4O6S. The van der Waals surface area contributed by atoms with Crippen molar-refractivity contribution < 1.29 is 18.3 Å². The molecule has 11 heteroatoms. The monoisotopic (exact) mass is 590 g/mol. The van der Waals surface area contributed by atoms with E-state index >= 15 is 0 Å². The number of hydrogen-bond donors (Lipinski definition) is 0. The standard InChI is InChI=1S/C32H22N4O6S/c33-21-25-7-13-27(14-8-25)31(17-11-23-3-1-5-29(19-23)35(37)38)43(41,42)32(28-15-9-26(22-34)10-16-28)18-12-24-4-2-6-30(20-24)36(39)40/h1-20,31-32H/b17-11+,18-12+. The average molecular weight is 591 g/mol. The first-order valence-corrected chi connectivity index (χ1v) is 14.3. The summed E-state index contributed by atoms with van der Waals surface area (Å²) < 4.78 is 29.0. The van der Waals surface area contributed by atoms with Crippen LogP contribution in [0.2, 0.25) is 0 Å². The van der Waals surface area contributed by atoms with E-state index in [0.717, 1.165) is 0 Å². The fraction of sp³-hybridized carbons (Fsp3) is 0.0625. The van der Waals surface area contributed by atoms with Gasteiger partial charge in [-0.2, -0.15) is 10.5 Å². The van der Waals surface area contributed by atoms with Crippen molar-refractivity contribution in [1.29, 1.82) is 10.5 Å². The number of benzene rings is 4. The Balaban J connectivity index is 1.86. The molecule has 0 saturated heterocycles. The predicted octanol–water partition coefficient (Wildman–Crippen LogP) is 6.87. The van der Waals surface area contributed by atoms with E-state index in [1.165, 1.54) is 109 Å². The van der Waals surface area contributed by atoms with Crippen LogP contribution in [0.15, 0.2) is 109 Å². The lowest BCUT2D eigenvalue weighted by molar-refractivity contribution is -0.385. The van der Waals surface area contributed by atoms with Crippen LogP contribution in [0.4, 0.5) is 11.4 Å². The summed E-state index contributed by atoms with van der Waals surface area (Å²) in [6.07, 6.45) is 5.81. The van der Waals surface area contributed by atoms with Gasteiger partial charge in [-0.15, -0.1) is 0 Å². The Labute approximate surface area is 247 Å². The maximum absolute atomic E-state index is 14.5. The zero-order chi connectivity index (χ0) is 31.0. The smallest absolute Gasteiger partial charge is 0.258 e. The molecular weight excluding hydrogens is 568 g/mol. The van der Waals surface area contributed by atoms with Gasteiger partial charge in [0.1, 0.15) is 10.5 Å². The predicted molar refractivity (Wildman–Crippen MR) is 161 cm³/mol. The van der Waals surface area contributed by atoms with Crippen LogP contribution < -0.4 is 0 Å². The first-order chi connectivity index (χ1) is 20.6. The van der Waals surface area contributed by atoms with E-state index in [2.05, 4.69) is 0 Å². The van der Waals surface area contributed by atoms with Gasteiger partial charge in [0.05, 0.1) is 33.1 Å². The summed E-state index contributed by atoms with van der Waals surface area (Å²) >= 11 is 0. The van der Waals surface area contributed by atoms with Gasteiger partial charge >= 0.3 is 0 Å². The number of nitro benzene ring substituents is 2. The van der Waals surface area contributed by atoms with E-state index in [-0.39, 0.29) is 11.4 Å². The van der Waals surface area contributed by atoms with Gasteiger partial charge in [-0.3, -0.25) is 20.2 Å². The molecule has 0 amide bonds. The molecule has 43 heavy (non-hydrogen) atoms. The lowest BCUT2D eigenvalue weighted by Crippen LogP contribution is -2.19. The third kappa shape index (κ3) is 7.24. The lowest BCUT2D eigenvalue weighted by atomic mass is 10.1. The Morgan fingerprint density at radius 3 is 1.33 bits per heavy atom. The molecule has 0 aliphatic carbocycles. The van der Waals surface area contributed by atoms with E-state index in [1.54, 1.807) is 12.1 Å². The van der Waals surface area contributed by atoms with Crippen LogP contribution in [0.1, 0.15) is 43.9 Å². The molecule has 0 fully saturated rings. The minimum atomic E-state index is -4.21. The van der Waals surface area contributed by atoms with E-state index < -0.39 is 30.2 Å². The van der Waals surface area contributed by atoms with E-state index in [9.17, 15) is 39.2 Å². The van der Waals surface area contributed by atoms with Crippen molar-refractivity contribution in [3.8, 4) is 12.1 Å². The molecule has 0 spiro atoms. The molecule has 0 saturated carbocycles. The average Bonchev–Trinajstić information content (AvgIpc) is 3.02. The van der Waals surface area contributed by atoms with E-state index in [4.69, 9.17) is 0 Å². The Hall–Kier alpha value is -5.91. The maximum Gasteiger partial charge on any atom is 0.270 e. The summed E-state index contributed by atoms with van der Waals surface area (Å²) in [5.41, 5.74) is 1.86. The second-order valence-electron chi connectivity index (χ2n) is 9.32. The van der Waals surface area contributed by atoms with Crippen LogP contribution in [-0.4, -0.2) is 18.3 Å². The van der Waals surface area contributed by atoms with Gasteiger partial charge < -0.3 is 0 Å². The first-order valence-electron chi connectivity index (χ1n) is 12.7. The molecule has 0 bridgehead atoms. The van der Waals surface area contributed by atoms with Gasteiger partial charge in [0.2, 0.25) is 0 Å². The highest BCUT2D eigenvalue weighted by atomic mass is 32.2. The van der Waals surface area contributed by atoms with Crippen LogP contribution in [0.3, 0.4) is 0 Å². The van der Waals surface area contributed by atoms with Crippen molar-refractivity contribution in [2.75, 3.05) is 0 Å². The number of sulfone groups is 1. The fourth-order valence-electron chi connectivity index (χ4n) is 4.35. The number of nitrogens with zero attached hydrogens (tertiary/aromatic N) is 4. The third-order valence-electron chi connectivity index (χ3n) is 6.53. The highest BCUT2D eigenvalue weighted by molar-refractivity contribution is 7.92. The Morgan fingerprint density at radius 1 is 0.628 bits per heavy atom. The summed E-state index contributed by atoms with van der Waals surface area (Å²) in [6, 6.07) is 27.6. The SMILES string of the molecule is N#Cc1ccc(C(/C=C/c2cccc([N+](=O)[O-])c2)S(=O)(=O)C(/C=C/c2cccc([N+](=O)[O-])c2)c2ccc(C#N)cc2)cc1. The van der Waals surface area contributed by atoms with Crippen LogP contribution in [0.25, 0.3) is 12.2 Å². The molecule has 0 heterocycles. The summed E-state index contributed by atoms with van der Waals surface area (Å²) in [7, 11) is -4.21. The minimum Gasteiger partial charge on any atom is -0.258 e. The minimum absolute atomic E-state index is 0.157. The van der Waals surface area contributed by atoms with Crippen LogP contribution >= 0.6 is 0 Å². The largest absolute Gasteiger partial charge is 0.270 e. The molecule has 0 radical (unpaired) electrons. The summed E-state index contributed by atoms with van der Waals surface area (Å²) in [4.78, 5) is 21.4. The highest BCUT2D eigenvalue weighted by Gasteiger charge is 2.33. The molecule has 212 valence electrons. The Morgan fingerprint density at radius 2 is 1.00 bits per heavy atom. The topological polar surface area (TPSA) is 168 Å². The number of nitriles is 2. The van der Waals surface area contributed by atoms with Gasteiger partial charge in [0, 0.05) is 24.3 Å². The van der Waals surface area contributed by atoms with Crippen LogP contribution in [-0.2, 0) is 9.84 Å². The quantitative estimate of drug-likeness (QED) is 0.142. The molecule has 0 aliphatic rings. The molecule has 10 nitrogen and oxygen atoms in total. The molecule has 4 rings (SSSR count). The zero-order valence-electron chi connectivity index (χ0n) is 22.3. The highest BCUT2D eigenvalue weighted by Crippen LogP contribution is 2.37. The molecule has 2 atom stereocenters. The summed E-state index contributed by atoms with van der Waals surface area (Å²) in [6.45, 7) is 0. The second-order valence-corrected chi connectivity index (χ2v) is 11.5. The molecule has 0 aliphatic heterocycles. The first kappa shape index (κ1) is 30.1. The number of non-ortho nitro benzene ring substituents is 2. The third-order valence-corrected chi connectivity index (χ3v) is 8.81. The van der Waals surface area contributed by atoms with Crippen molar-refractivity contribution in [2.24, 2.45) is 0 Å². The number of rotatable bonds is 10. The normalized spacial score (nSPS) is 12.8. The lowest BCUT2D eigenvalue weighted by Gasteiger charge is -2.22. The number of hydrogen-bond acceptors (Lipinski definition) is 8. The van der Waals surface area contributed by atoms with Crippen molar-refractivity contribution >= 4 is 33.4 Å². The molecule has 2 unspecified atom stereocenters. The fourth-order valence-corrected chi connectivity index (χ4v) is 6.34. The summed E-state index contributed by atoms with van der Waals surface area (Å²) in [5.74, 6) is 0. The van der Waals surface area contributed by atoms with Crippen molar-refractivity contribution in [1.82, 2.24) is 0 Å². The van der Waals surface area contributed by atoms with Crippen LogP contribution in [0, 0.1) is 42.9 Å². The maximum atomic E-state index is 14.5. The van der Waals surface area contributed by atoms with Crippen molar-refractivity contribution in [3.05, 3.63) is 163 Å². The van der Waals surface area contributed by atoms with Gasteiger partial charge in [-0.1, -0.05) is 72.8 Å². The number of nitro groups is 2. The van der Waals surface area contributed by atoms with Gasteiger partial charge in [-0.25, -0.2) is 8.42 Å². The van der Waals surface area contributed by atoms with Gasteiger partial charge in [0.15, 0.2) is 9.84 Å². The van der Waals surface area contributed by atoms with Gasteiger partial charge in [-0.05, 0) is 46.5 Å². The molecule has 0 N–H and O–H groups in total. The molecule has 0 aromatic heterocycles. The Kier molecular flexibility index (Phi) is 9.21. The van der Waals surface area contributed by atoms with Gasteiger partial charge in [0.25, 0.3) is 11.4 Å². The summed E-state index contributed by atoms with van der Waals surface area (Å²) in [5, 5.41) is 38.5. The van der Waals surface area contributed by atoms with E-state index in [0.29, 0.717) is 33.4 Å². The Bertz CT molecular complexity index is 1790. The van der Waals surface area contributed by atoms with Crippen molar-refractivity contribution in [2.45, 2.75) is 10.5 Å². The molecule has 4 aromatic rings. The van der Waals surface area contributed by atoms with Crippen molar-refractivity contribution in [3.63, 3.8) is 0 Å².